The second-order valence-electron chi connectivity index (χ2n) is 6.16. The van der Waals surface area contributed by atoms with Crippen molar-refractivity contribution < 1.29 is 14.3 Å². The Labute approximate surface area is 155 Å². The van der Waals surface area contributed by atoms with Gasteiger partial charge in [-0.3, -0.25) is 9.59 Å². The molecule has 0 unspecified atom stereocenters. The van der Waals surface area contributed by atoms with Gasteiger partial charge in [-0.2, -0.15) is 0 Å². The van der Waals surface area contributed by atoms with E-state index in [1.165, 1.54) is 11.8 Å². The predicted molar refractivity (Wildman–Crippen MR) is 105 cm³/mol. The maximum absolute atomic E-state index is 12.4. The van der Waals surface area contributed by atoms with E-state index in [9.17, 15) is 9.59 Å². The van der Waals surface area contributed by atoms with Crippen molar-refractivity contribution in [3.05, 3.63) is 54.1 Å². The van der Waals surface area contributed by atoms with Gasteiger partial charge in [-0.1, -0.05) is 25.8 Å². The van der Waals surface area contributed by atoms with Crippen molar-refractivity contribution in [3.63, 3.8) is 0 Å². The minimum absolute atomic E-state index is 0.0667. The van der Waals surface area contributed by atoms with Gasteiger partial charge in [0, 0.05) is 30.9 Å². The van der Waals surface area contributed by atoms with E-state index in [0.717, 1.165) is 30.7 Å². The molecule has 0 bridgehead atoms. The molecule has 0 fully saturated rings. The summed E-state index contributed by atoms with van der Waals surface area (Å²) in [5.41, 5.74) is 1.92. The lowest BCUT2D eigenvalue weighted by atomic mass is 10.2. The third-order valence-corrected chi connectivity index (χ3v) is 4.10. The van der Waals surface area contributed by atoms with Crippen molar-refractivity contribution in [2.24, 2.45) is 0 Å². The number of ether oxygens (including phenoxy) is 1. The molecule has 0 aliphatic carbocycles. The fraction of sp³-hybridized carbons (Fsp3) is 0.333. The third-order valence-electron chi connectivity index (χ3n) is 4.10. The summed E-state index contributed by atoms with van der Waals surface area (Å²) in [4.78, 5) is 25.4. The molecule has 0 atom stereocenters. The van der Waals surface area contributed by atoms with Gasteiger partial charge in [0.1, 0.15) is 5.75 Å². The fourth-order valence-electron chi connectivity index (χ4n) is 2.42. The highest BCUT2D eigenvalue weighted by atomic mass is 16.5. The first-order chi connectivity index (χ1) is 12.5. The van der Waals surface area contributed by atoms with Gasteiger partial charge in [-0.15, -0.1) is 0 Å². The van der Waals surface area contributed by atoms with Crippen LogP contribution in [0.3, 0.4) is 0 Å². The van der Waals surface area contributed by atoms with Crippen molar-refractivity contribution in [2.75, 3.05) is 23.9 Å². The number of carbonyl (C=O) groups excluding carboxylic acids is 2. The van der Waals surface area contributed by atoms with Crippen molar-refractivity contribution in [1.82, 2.24) is 0 Å². The highest BCUT2D eigenvalue weighted by Crippen LogP contribution is 2.20. The highest BCUT2D eigenvalue weighted by molar-refractivity contribution is 6.04. The summed E-state index contributed by atoms with van der Waals surface area (Å²) in [6, 6.07) is 14.3. The molecule has 0 aliphatic rings. The molecule has 0 spiro atoms. The molecular formula is C21H26N2O3. The number of nitrogens with one attached hydrogen (secondary N) is 1. The molecule has 2 amide bonds. The molecule has 0 saturated carbocycles. The fourth-order valence-corrected chi connectivity index (χ4v) is 2.42. The normalized spacial score (nSPS) is 10.3. The zero-order chi connectivity index (χ0) is 18.9. The van der Waals surface area contributed by atoms with Gasteiger partial charge in [0.05, 0.1) is 6.61 Å². The lowest BCUT2D eigenvalue weighted by molar-refractivity contribution is -0.116. The van der Waals surface area contributed by atoms with Crippen molar-refractivity contribution >= 4 is 23.2 Å². The van der Waals surface area contributed by atoms with E-state index < -0.39 is 0 Å². The van der Waals surface area contributed by atoms with Gasteiger partial charge in [0.25, 0.3) is 5.91 Å². The van der Waals surface area contributed by atoms with Gasteiger partial charge in [-0.05, 0) is 48.9 Å². The Kier molecular flexibility index (Phi) is 7.21. The molecule has 1 N–H and O–H groups in total. The van der Waals surface area contributed by atoms with Crippen LogP contribution >= 0.6 is 0 Å². The number of amides is 2. The maximum atomic E-state index is 12.4. The van der Waals surface area contributed by atoms with E-state index in [-0.39, 0.29) is 11.8 Å². The molecular weight excluding hydrogens is 328 g/mol. The molecule has 2 aromatic carbocycles. The standard InChI is InChI=1S/C21H26N2O3/c1-4-5-6-14-26-20-12-10-17(11-13-20)21(25)22-18-8-7-9-19(15-18)23(3)16(2)24/h7-13,15H,4-6,14H2,1-3H3,(H,22,25). The van der Waals surface area contributed by atoms with E-state index in [1.54, 1.807) is 49.5 Å². The average molecular weight is 354 g/mol. The van der Waals surface area contributed by atoms with Gasteiger partial charge in [-0.25, -0.2) is 0 Å². The Morgan fingerprint density at radius 3 is 2.46 bits per heavy atom. The van der Waals surface area contributed by atoms with Gasteiger partial charge < -0.3 is 15.0 Å². The summed E-state index contributed by atoms with van der Waals surface area (Å²) >= 11 is 0. The molecule has 0 heterocycles. The summed E-state index contributed by atoms with van der Waals surface area (Å²) < 4.78 is 5.66. The number of nitrogens with zero attached hydrogens (tertiary/aromatic N) is 1. The van der Waals surface area contributed by atoms with Crippen LogP contribution < -0.4 is 15.0 Å². The second kappa shape index (κ2) is 9.61. The van der Waals surface area contributed by atoms with Crippen LogP contribution in [0.5, 0.6) is 5.75 Å². The molecule has 5 nitrogen and oxygen atoms in total. The number of benzene rings is 2. The number of unbranched alkanes of at least 4 members (excludes halogenated alkanes) is 2. The SMILES string of the molecule is CCCCCOc1ccc(C(=O)Nc2cccc(N(C)C(C)=O)c2)cc1. The van der Waals surface area contributed by atoms with Gasteiger partial charge in [0.2, 0.25) is 5.91 Å². The van der Waals surface area contributed by atoms with Crippen LogP contribution in [0.4, 0.5) is 11.4 Å². The summed E-state index contributed by atoms with van der Waals surface area (Å²) in [7, 11) is 1.70. The number of hydrogen-bond donors (Lipinski definition) is 1. The Balaban J connectivity index is 1.97. The van der Waals surface area contributed by atoms with E-state index in [4.69, 9.17) is 4.74 Å². The van der Waals surface area contributed by atoms with Gasteiger partial charge in [0.15, 0.2) is 0 Å². The Hall–Kier alpha value is -2.82. The van der Waals surface area contributed by atoms with E-state index in [1.807, 2.05) is 6.07 Å². The lowest BCUT2D eigenvalue weighted by Crippen LogP contribution is -2.23. The van der Waals surface area contributed by atoms with Crippen LogP contribution in [0.15, 0.2) is 48.5 Å². The predicted octanol–water partition coefficient (Wildman–Crippen LogP) is 4.49. The van der Waals surface area contributed by atoms with Crippen LogP contribution in [-0.4, -0.2) is 25.5 Å². The molecule has 0 radical (unpaired) electrons. The van der Waals surface area contributed by atoms with Crippen LogP contribution in [0.2, 0.25) is 0 Å². The number of anilines is 2. The van der Waals surface area contributed by atoms with Crippen LogP contribution in [0.1, 0.15) is 43.5 Å². The maximum Gasteiger partial charge on any atom is 0.255 e. The Bertz CT molecular complexity index is 741. The number of hydrogen-bond acceptors (Lipinski definition) is 3. The summed E-state index contributed by atoms with van der Waals surface area (Å²) in [5.74, 6) is 0.496. The number of carbonyl (C=O) groups is 2. The largest absolute Gasteiger partial charge is 0.494 e. The van der Waals surface area contributed by atoms with Crippen LogP contribution in [-0.2, 0) is 4.79 Å². The summed E-state index contributed by atoms with van der Waals surface area (Å²) in [5, 5.41) is 2.85. The van der Waals surface area contributed by atoms with Crippen LogP contribution in [0.25, 0.3) is 0 Å². The quantitative estimate of drug-likeness (QED) is 0.711. The first-order valence-corrected chi connectivity index (χ1v) is 8.90. The minimum Gasteiger partial charge on any atom is -0.494 e. The van der Waals surface area contributed by atoms with Crippen molar-refractivity contribution in [3.8, 4) is 5.75 Å². The van der Waals surface area contributed by atoms with E-state index in [2.05, 4.69) is 12.2 Å². The van der Waals surface area contributed by atoms with E-state index in [0.29, 0.717) is 17.9 Å². The first kappa shape index (κ1) is 19.5. The monoisotopic (exact) mass is 354 g/mol. The lowest BCUT2D eigenvalue weighted by Gasteiger charge is -2.16. The average Bonchev–Trinajstić information content (AvgIpc) is 2.65. The summed E-state index contributed by atoms with van der Waals surface area (Å²) in [6.45, 7) is 4.34. The van der Waals surface area contributed by atoms with Crippen molar-refractivity contribution in [2.45, 2.75) is 33.1 Å². The molecule has 26 heavy (non-hydrogen) atoms. The molecule has 138 valence electrons. The topological polar surface area (TPSA) is 58.6 Å². The molecule has 2 aromatic rings. The molecule has 0 aromatic heterocycles. The number of rotatable bonds is 8. The van der Waals surface area contributed by atoms with Crippen molar-refractivity contribution in [1.29, 1.82) is 0 Å². The zero-order valence-electron chi connectivity index (χ0n) is 15.6. The third kappa shape index (κ3) is 5.62. The van der Waals surface area contributed by atoms with Crippen LogP contribution in [0, 0.1) is 0 Å². The molecule has 2 rings (SSSR count). The molecule has 0 saturated heterocycles. The highest BCUT2D eigenvalue weighted by Gasteiger charge is 2.09. The smallest absolute Gasteiger partial charge is 0.255 e. The second-order valence-corrected chi connectivity index (χ2v) is 6.16. The van der Waals surface area contributed by atoms with E-state index >= 15 is 0 Å². The first-order valence-electron chi connectivity index (χ1n) is 8.90. The minimum atomic E-state index is -0.204. The Morgan fingerprint density at radius 2 is 1.81 bits per heavy atom. The zero-order valence-corrected chi connectivity index (χ0v) is 15.6. The molecule has 5 heteroatoms. The summed E-state index contributed by atoms with van der Waals surface area (Å²) in [6.07, 6.45) is 3.34. The molecule has 0 aliphatic heterocycles. The Morgan fingerprint density at radius 1 is 1.08 bits per heavy atom. The van der Waals surface area contributed by atoms with Gasteiger partial charge >= 0.3 is 0 Å².